The zero-order valence-electron chi connectivity index (χ0n) is 14.9. The molecule has 4 rings (SSSR count). The number of methoxy groups -OCH3 is 1. The summed E-state index contributed by atoms with van der Waals surface area (Å²) in [5, 5.41) is 7.61. The molecular weight excluding hydrogens is 314 g/mol. The maximum Gasteiger partial charge on any atom is 0.119 e. The van der Waals surface area contributed by atoms with Gasteiger partial charge in [0.1, 0.15) is 5.75 Å². The van der Waals surface area contributed by atoms with Gasteiger partial charge in [-0.05, 0) is 56.0 Å². The van der Waals surface area contributed by atoms with E-state index in [1.807, 2.05) is 18.3 Å². The van der Waals surface area contributed by atoms with Crippen molar-refractivity contribution in [2.75, 3.05) is 40.0 Å². The van der Waals surface area contributed by atoms with Crippen LogP contribution in [0, 0.1) is 5.92 Å². The largest absolute Gasteiger partial charge is 0.497 e. The first kappa shape index (κ1) is 16.6. The minimum absolute atomic E-state index is 0.555. The molecule has 2 saturated heterocycles. The number of benzene rings is 1. The zero-order chi connectivity index (χ0) is 17.1. The number of aromatic nitrogens is 2. The van der Waals surface area contributed by atoms with Crippen LogP contribution in [0.2, 0.25) is 0 Å². The molecule has 0 amide bonds. The third-order valence-corrected chi connectivity index (χ3v) is 5.59. The number of nitrogens with zero attached hydrogens (tertiary/aromatic N) is 2. The first-order valence-corrected chi connectivity index (χ1v) is 9.31. The lowest BCUT2D eigenvalue weighted by Crippen LogP contribution is -2.36. The average Bonchev–Trinajstić information content (AvgIpc) is 3.34. The molecule has 5 nitrogen and oxygen atoms in total. The molecule has 0 saturated carbocycles. The SMILES string of the molecule is COc1cccc(-c2cn[nH]c2C2CCN(C[C@H]3CCOC3)CC2)c1. The van der Waals surface area contributed by atoms with E-state index in [9.17, 15) is 0 Å². The molecular formula is C20H27N3O2. The van der Waals surface area contributed by atoms with Gasteiger partial charge in [-0.3, -0.25) is 5.10 Å². The molecule has 2 aromatic rings. The summed E-state index contributed by atoms with van der Waals surface area (Å²) in [5.41, 5.74) is 3.66. The quantitative estimate of drug-likeness (QED) is 0.906. The van der Waals surface area contributed by atoms with E-state index in [-0.39, 0.29) is 0 Å². The highest BCUT2D eigenvalue weighted by Crippen LogP contribution is 2.35. The van der Waals surface area contributed by atoms with Gasteiger partial charge >= 0.3 is 0 Å². The van der Waals surface area contributed by atoms with Crippen LogP contribution in [0.4, 0.5) is 0 Å². The van der Waals surface area contributed by atoms with Gasteiger partial charge < -0.3 is 14.4 Å². The molecule has 2 aliphatic heterocycles. The summed E-state index contributed by atoms with van der Waals surface area (Å²) >= 11 is 0. The van der Waals surface area contributed by atoms with Crippen LogP contribution < -0.4 is 4.74 Å². The van der Waals surface area contributed by atoms with Crippen molar-refractivity contribution in [3.8, 4) is 16.9 Å². The Morgan fingerprint density at radius 1 is 1.28 bits per heavy atom. The van der Waals surface area contributed by atoms with Crippen molar-refractivity contribution in [3.63, 3.8) is 0 Å². The molecule has 1 atom stereocenters. The predicted octanol–water partition coefficient (Wildman–Crippen LogP) is 3.30. The first-order valence-electron chi connectivity index (χ1n) is 9.31. The highest BCUT2D eigenvalue weighted by Gasteiger charge is 2.26. The second kappa shape index (κ2) is 7.58. The van der Waals surface area contributed by atoms with E-state index in [1.54, 1.807) is 7.11 Å². The number of piperidine rings is 1. The summed E-state index contributed by atoms with van der Waals surface area (Å²) in [7, 11) is 1.71. The van der Waals surface area contributed by atoms with Crippen molar-refractivity contribution in [3.05, 3.63) is 36.2 Å². The van der Waals surface area contributed by atoms with Crippen LogP contribution >= 0.6 is 0 Å². The fraction of sp³-hybridized carbons (Fsp3) is 0.550. The van der Waals surface area contributed by atoms with Crippen molar-refractivity contribution in [2.45, 2.75) is 25.2 Å². The normalized spacial score (nSPS) is 22.4. The first-order chi connectivity index (χ1) is 12.3. The van der Waals surface area contributed by atoms with Crippen LogP contribution in [0.3, 0.4) is 0 Å². The summed E-state index contributed by atoms with van der Waals surface area (Å²) in [6.45, 7) is 5.41. The van der Waals surface area contributed by atoms with E-state index in [4.69, 9.17) is 9.47 Å². The average molecular weight is 341 g/mol. The summed E-state index contributed by atoms with van der Waals surface area (Å²) in [6.07, 6.45) is 5.55. The Balaban J connectivity index is 1.42. The fourth-order valence-corrected chi connectivity index (χ4v) is 4.12. The van der Waals surface area contributed by atoms with Gasteiger partial charge in [0.25, 0.3) is 0 Å². The number of H-pyrrole nitrogens is 1. The maximum atomic E-state index is 5.51. The molecule has 1 aromatic carbocycles. The molecule has 0 unspecified atom stereocenters. The molecule has 0 aliphatic carbocycles. The topological polar surface area (TPSA) is 50.4 Å². The smallest absolute Gasteiger partial charge is 0.119 e. The van der Waals surface area contributed by atoms with Crippen LogP contribution in [-0.2, 0) is 4.74 Å². The Hall–Kier alpha value is -1.85. The van der Waals surface area contributed by atoms with Crippen LogP contribution in [0.15, 0.2) is 30.5 Å². The van der Waals surface area contributed by atoms with Crippen molar-refractivity contribution >= 4 is 0 Å². The number of likely N-dealkylation sites (tertiary alicyclic amines) is 1. The van der Waals surface area contributed by atoms with E-state index in [0.29, 0.717) is 5.92 Å². The molecule has 134 valence electrons. The summed E-state index contributed by atoms with van der Waals surface area (Å²) < 4.78 is 10.9. The van der Waals surface area contributed by atoms with Gasteiger partial charge in [-0.15, -0.1) is 0 Å². The second-order valence-electron chi connectivity index (χ2n) is 7.23. The molecule has 0 radical (unpaired) electrons. The molecule has 3 heterocycles. The van der Waals surface area contributed by atoms with E-state index in [2.05, 4.69) is 27.2 Å². The lowest BCUT2D eigenvalue weighted by Gasteiger charge is -2.33. The minimum atomic E-state index is 0.555. The van der Waals surface area contributed by atoms with Gasteiger partial charge in [0.2, 0.25) is 0 Å². The Kier molecular flexibility index (Phi) is 5.04. The van der Waals surface area contributed by atoms with Gasteiger partial charge in [0.05, 0.1) is 19.9 Å². The van der Waals surface area contributed by atoms with Crippen LogP contribution in [0.1, 0.15) is 30.9 Å². The highest BCUT2D eigenvalue weighted by molar-refractivity contribution is 5.67. The Morgan fingerprint density at radius 2 is 2.16 bits per heavy atom. The molecule has 1 aromatic heterocycles. The number of rotatable bonds is 5. The Bertz CT molecular complexity index is 686. The summed E-state index contributed by atoms with van der Waals surface area (Å²) in [4.78, 5) is 2.61. The lowest BCUT2D eigenvalue weighted by atomic mass is 9.89. The van der Waals surface area contributed by atoms with Gasteiger partial charge in [-0.25, -0.2) is 0 Å². The number of aromatic amines is 1. The van der Waals surface area contributed by atoms with Crippen molar-refractivity contribution < 1.29 is 9.47 Å². The van der Waals surface area contributed by atoms with Gasteiger partial charge in [0.15, 0.2) is 0 Å². The maximum absolute atomic E-state index is 5.51. The van der Waals surface area contributed by atoms with Crippen molar-refractivity contribution in [1.82, 2.24) is 15.1 Å². The molecule has 2 aliphatic rings. The van der Waals surface area contributed by atoms with Gasteiger partial charge in [0, 0.05) is 30.3 Å². The number of ether oxygens (including phenoxy) is 2. The fourth-order valence-electron chi connectivity index (χ4n) is 4.12. The number of nitrogens with one attached hydrogen (secondary N) is 1. The third kappa shape index (κ3) is 3.72. The van der Waals surface area contributed by atoms with E-state index in [1.165, 1.54) is 42.6 Å². The van der Waals surface area contributed by atoms with Crippen LogP contribution in [0.25, 0.3) is 11.1 Å². The number of hydrogen-bond acceptors (Lipinski definition) is 4. The highest BCUT2D eigenvalue weighted by atomic mass is 16.5. The Morgan fingerprint density at radius 3 is 2.92 bits per heavy atom. The minimum Gasteiger partial charge on any atom is -0.497 e. The van der Waals surface area contributed by atoms with Crippen molar-refractivity contribution in [1.29, 1.82) is 0 Å². The zero-order valence-corrected chi connectivity index (χ0v) is 14.9. The van der Waals surface area contributed by atoms with Crippen molar-refractivity contribution in [2.24, 2.45) is 5.92 Å². The third-order valence-electron chi connectivity index (χ3n) is 5.59. The standard InChI is InChI=1S/C20H27N3O2/c1-24-18-4-2-3-17(11-18)19-12-21-22-20(19)16-5-8-23(9-6-16)13-15-7-10-25-14-15/h2-4,11-12,15-16H,5-10,13-14H2,1H3,(H,21,22)/t15-/m1/s1. The molecule has 0 spiro atoms. The predicted molar refractivity (Wildman–Crippen MR) is 97.9 cm³/mol. The van der Waals surface area contributed by atoms with E-state index in [0.717, 1.165) is 38.0 Å². The van der Waals surface area contributed by atoms with Crippen LogP contribution in [-0.4, -0.2) is 55.1 Å². The lowest BCUT2D eigenvalue weighted by molar-refractivity contribution is 0.151. The van der Waals surface area contributed by atoms with Gasteiger partial charge in [-0.1, -0.05) is 12.1 Å². The molecule has 0 bridgehead atoms. The van der Waals surface area contributed by atoms with Crippen LogP contribution in [0.5, 0.6) is 5.75 Å². The van der Waals surface area contributed by atoms with E-state index >= 15 is 0 Å². The summed E-state index contributed by atoms with van der Waals surface area (Å²) in [5.74, 6) is 2.18. The molecule has 1 N–H and O–H groups in total. The molecule has 25 heavy (non-hydrogen) atoms. The molecule has 2 fully saturated rings. The Labute approximate surface area is 149 Å². The summed E-state index contributed by atoms with van der Waals surface area (Å²) in [6, 6.07) is 8.24. The van der Waals surface area contributed by atoms with E-state index < -0.39 is 0 Å². The second-order valence-corrected chi connectivity index (χ2v) is 7.23. The monoisotopic (exact) mass is 341 g/mol. The molecule has 5 heteroatoms. The van der Waals surface area contributed by atoms with Gasteiger partial charge in [-0.2, -0.15) is 5.10 Å². The number of hydrogen-bond donors (Lipinski definition) is 1.